The first-order chi connectivity index (χ1) is 5.50. The van der Waals surface area contributed by atoms with Crippen molar-refractivity contribution in [3.05, 3.63) is 10.0 Å². The second-order valence-electron chi connectivity index (χ2n) is 1.62. The highest BCUT2D eigenvalue weighted by Gasteiger charge is 2.35. The standard InChI is InChI=1S/C4H3F3N2S.C2H6/c1-2-8-9-3(10-2)4(5,6)7;1-2/h1H3;1-2H3. The molecule has 0 N–H and O–H groups in total. The summed E-state index contributed by atoms with van der Waals surface area (Å²) in [6.45, 7) is 5.48. The Kier molecular flexibility index (Phi) is 4.16. The topological polar surface area (TPSA) is 25.8 Å². The molecule has 0 saturated heterocycles. The number of halogens is 3. The Labute approximate surface area is 72.4 Å². The van der Waals surface area contributed by atoms with Gasteiger partial charge in [0.15, 0.2) is 0 Å². The van der Waals surface area contributed by atoms with E-state index < -0.39 is 11.2 Å². The van der Waals surface area contributed by atoms with Gasteiger partial charge in [-0.3, -0.25) is 0 Å². The Morgan fingerprint density at radius 1 is 1.17 bits per heavy atom. The summed E-state index contributed by atoms with van der Waals surface area (Å²) in [5, 5.41) is 5.60. The van der Waals surface area contributed by atoms with Crippen molar-refractivity contribution < 1.29 is 13.2 Å². The number of rotatable bonds is 0. The Bertz CT molecular complexity index is 231. The van der Waals surface area contributed by atoms with E-state index in [2.05, 4.69) is 10.2 Å². The number of hydrogen-bond acceptors (Lipinski definition) is 3. The largest absolute Gasteiger partial charge is 0.445 e. The summed E-state index contributed by atoms with van der Waals surface area (Å²) < 4.78 is 35.1. The molecule has 0 radical (unpaired) electrons. The van der Waals surface area contributed by atoms with E-state index in [1.165, 1.54) is 6.92 Å². The molecule has 6 heteroatoms. The maximum atomic E-state index is 11.7. The fourth-order valence-corrected chi connectivity index (χ4v) is 0.970. The third kappa shape index (κ3) is 3.17. The Hall–Kier alpha value is -0.650. The van der Waals surface area contributed by atoms with E-state index in [1.54, 1.807) is 0 Å². The highest BCUT2D eigenvalue weighted by Crippen LogP contribution is 2.30. The van der Waals surface area contributed by atoms with Crippen LogP contribution in [0.1, 0.15) is 23.9 Å². The lowest BCUT2D eigenvalue weighted by Crippen LogP contribution is -2.03. The maximum absolute atomic E-state index is 11.7. The number of nitrogens with zero attached hydrogens (tertiary/aromatic N) is 2. The predicted octanol–water partition coefficient (Wildman–Crippen LogP) is 2.89. The molecule has 1 aromatic heterocycles. The molecule has 0 aliphatic carbocycles. The molecule has 2 nitrogen and oxygen atoms in total. The van der Waals surface area contributed by atoms with Crippen molar-refractivity contribution in [3.63, 3.8) is 0 Å². The van der Waals surface area contributed by atoms with Crippen LogP contribution >= 0.6 is 11.3 Å². The van der Waals surface area contributed by atoms with Crippen LogP contribution in [0.4, 0.5) is 13.2 Å². The Morgan fingerprint density at radius 3 is 1.83 bits per heavy atom. The molecule has 0 bridgehead atoms. The van der Waals surface area contributed by atoms with Gasteiger partial charge in [-0.15, -0.1) is 10.2 Å². The third-order valence-electron chi connectivity index (χ3n) is 0.769. The van der Waals surface area contributed by atoms with Crippen LogP contribution in [0.25, 0.3) is 0 Å². The van der Waals surface area contributed by atoms with E-state index in [1.807, 2.05) is 13.8 Å². The van der Waals surface area contributed by atoms with E-state index in [-0.39, 0.29) is 0 Å². The normalized spacial score (nSPS) is 10.5. The summed E-state index contributed by atoms with van der Waals surface area (Å²) in [5.74, 6) is 0. The summed E-state index contributed by atoms with van der Waals surface area (Å²) in [6.07, 6.45) is -4.34. The van der Waals surface area contributed by atoms with Gasteiger partial charge < -0.3 is 0 Å². The zero-order valence-corrected chi connectivity index (χ0v) is 7.75. The van der Waals surface area contributed by atoms with Crippen molar-refractivity contribution >= 4 is 11.3 Å². The molecular weight excluding hydrogens is 189 g/mol. The number of hydrogen-bond donors (Lipinski definition) is 0. The fraction of sp³-hybridized carbons (Fsp3) is 0.667. The highest BCUT2D eigenvalue weighted by molar-refractivity contribution is 7.11. The Balaban J connectivity index is 0.000000561. The summed E-state index contributed by atoms with van der Waals surface area (Å²) in [7, 11) is 0. The molecule has 0 aromatic carbocycles. The van der Waals surface area contributed by atoms with Crippen LogP contribution in [0.5, 0.6) is 0 Å². The monoisotopic (exact) mass is 198 g/mol. The smallest absolute Gasteiger partial charge is 0.164 e. The summed E-state index contributed by atoms with van der Waals surface area (Å²) in [6, 6.07) is 0. The number of aryl methyl sites for hydroxylation is 1. The van der Waals surface area contributed by atoms with Crippen LogP contribution in [0.15, 0.2) is 0 Å². The second-order valence-corrected chi connectivity index (χ2v) is 2.81. The van der Waals surface area contributed by atoms with E-state index >= 15 is 0 Å². The second kappa shape index (κ2) is 4.39. The molecule has 1 rings (SSSR count). The number of alkyl halides is 3. The SMILES string of the molecule is CC.Cc1nnc(C(F)(F)F)s1. The molecule has 0 aliphatic rings. The first kappa shape index (κ1) is 11.4. The zero-order chi connectivity index (χ0) is 9.78. The van der Waals surface area contributed by atoms with Crippen molar-refractivity contribution in [3.8, 4) is 0 Å². The van der Waals surface area contributed by atoms with Gasteiger partial charge in [-0.2, -0.15) is 13.2 Å². The molecule has 0 fully saturated rings. The van der Waals surface area contributed by atoms with Gasteiger partial charge in [0.25, 0.3) is 0 Å². The molecular formula is C6H9F3N2S. The minimum Gasteiger partial charge on any atom is -0.164 e. The van der Waals surface area contributed by atoms with Crippen LogP contribution < -0.4 is 0 Å². The Morgan fingerprint density at radius 2 is 1.67 bits per heavy atom. The van der Waals surface area contributed by atoms with Crippen LogP contribution in [0.2, 0.25) is 0 Å². The van der Waals surface area contributed by atoms with Crippen LogP contribution in [0, 0.1) is 6.92 Å². The van der Waals surface area contributed by atoms with Crippen LogP contribution in [-0.4, -0.2) is 10.2 Å². The molecule has 0 aliphatic heterocycles. The first-order valence-electron chi connectivity index (χ1n) is 3.37. The minimum atomic E-state index is -4.34. The summed E-state index contributed by atoms with van der Waals surface area (Å²) >= 11 is 0.547. The third-order valence-corrected chi connectivity index (χ3v) is 1.65. The van der Waals surface area contributed by atoms with Gasteiger partial charge >= 0.3 is 6.18 Å². The van der Waals surface area contributed by atoms with E-state index in [0.29, 0.717) is 16.3 Å². The lowest BCUT2D eigenvalue weighted by Gasteiger charge is -1.96. The molecule has 1 heterocycles. The van der Waals surface area contributed by atoms with Gasteiger partial charge in [0.2, 0.25) is 5.01 Å². The molecule has 0 unspecified atom stereocenters. The average molecular weight is 198 g/mol. The van der Waals surface area contributed by atoms with E-state index in [0.717, 1.165) is 0 Å². The molecule has 70 valence electrons. The van der Waals surface area contributed by atoms with Gasteiger partial charge in [-0.05, 0) is 6.92 Å². The quantitative estimate of drug-likeness (QED) is 0.640. The average Bonchev–Trinajstić information content (AvgIpc) is 2.39. The summed E-state index contributed by atoms with van der Waals surface area (Å²) in [4.78, 5) is 0. The predicted molar refractivity (Wildman–Crippen MR) is 41.0 cm³/mol. The van der Waals surface area contributed by atoms with Crippen molar-refractivity contribution in [2.75, 3.05) is 0 Å². The summed E-state index contributed by atoms with van der Waals surface area (Å²) in [5.41, 5.74) is 0. The van der Waals surface area contributed by atoms with Gasteiger partial charge in [0.05, 0.1) is 0 Å². The van der Waals surface area contributed by atoms with Gasteiger partial charge in [0.1, 0.15) is 5.01 Å². The van der Waals surface area contributed by atoms with Crippen LogP contribution in [0.3, 0.4) is 0 Å². The van der Waals surface area contributed by atoms with Gasteiger partial charge in [-0.25, -0.2) is 0 Å². The van der Waals surface area contributed by atoms with Crippen molar-refractivity contribution in [2.45, 2.75) is 26.9 Å². The molecule has 12 heavy (non-hydrogen) atoms. The molecule has 0 atom stereocenters. The lowest BCUT2D eigenvalue weighted by atomic mass is 10.7. The van der Waals surface area contributed by atoms with Crippen molar-refractivity contribution in [1.82, 2.24) is 10.2 Å². The maximum Gasteiger partial charge on any atom is 0.445 e. The van der Waals surface area contributed by atoms with Crippen molar-refractivity contribution in [2.24, 2.45) is 0 Å². The van der Waals surface area contributed by atoms with Gasteiger partial charge in [0, 0.05) is 0 Å². The molecule has 0 spiro atoms. The van der Waals surface area contributed by atoms with Crippen molar-refractivity contribution in [1.29, 1.82) is 0 Å². The zero-order valence-electron chi connectivity index (χ0n) is 6.94. The molecule has 0 saturated carbocycles. The van der Waals surface area contributed by atoms with Gasteiger partial charge in [-0.1, -0.05) is 25.2 Å². The van der Waals surface area contributed by atoms with E-state index in [9.17, 15) is 13.2 Å². The lowest BCUT2D eigenvalue weighted by molar-refractivity contribution is -0.138. The highest BCUT2D eigenvalue weighted by atomic mass is 32.1. The molecule has 1 aromatic rings. The minimum absolute atomic E-state index is 0.326. The van der Waals surface area contributed by atoms with Crippen LogP contribution in [-0.2, 0) is 6.18 Å². The first-order valence-corrected chi connectivity index (χ1v) is 4.19. The number of aromatic nitrogens is 2. The van der Waals surface area contributed by atoms with E-state index in [4.69, 9.17) is 0 Å². The fourth-order valence-electron chi connectivity index (χ4n) is 0.411. The molecule has 0 amide bonds.